The van der Waals surface area contributed by atoms with E-state index in [0.29, 0.717) is 18.0 Å². The molecule has 0 aliphatic carbocycles. The third kappa shape index (κ3) is 5.12. The largest absolute Gasteiger partial charge is 0.375 e. The summed E-state index contributed by atoms with van der Waals surface area (Å²) in [5, 5.41) is 5.76. The van der Waals surface area contributed by atoms with Crippen LogP contribution < -0.4 is 16.4 Å². The fourth-order valence-corrected chi connectivity index (χ4v) is 4.69. The average Bonchev–Trinajstić information content (AvgIpc) is 3.12. The summed E-state index contributed by atoms with van der Waals surface area (Å²) >= 11 is 1.34. The molecule has 1 aromatic rings. The number of carbonyl (C=O) groups is 4. The normalized spacial score (nSPS) is 21.6. The van der Waals surface area contributed by atoms with Crippen molar-refractivity contribution in [1.82, 2.24) is 25.4 Å². The van der Waals surface area contributed by atoms with E-state index < -0.39 is 23.9 Å². The SMILES string of the molecule is COCC(=O)N1CC[C@H](NC(=O)C(N)=O)[C@H](NC(=O)c2nc3c(s2)CN(C)CC3)C1. The molecule has 2 aliphatic rings. The summed E-state index contributed by atoms with van der Waals surface area (Å²) in [7, 11) is 3.45. The van der Waals surface area contributed by atoms with E-state index in [1.807, 2.05) is 7.05 Å². The van der Waals surface area contributed by atoms with Gasteiger partial charge in [-0.2, -0.15) is 0 Å². The average molecular weight is 439 g/mol. The van der Waals surface area contributed by atoms with E-state index in [1.165, 1.54) is 18.4 Å². The molecule has 0 aromatic carbocycles. The molecule has 2 aliphatic heterocycles. The first-order chi connectivity index (χ1) is 14.3. The quantitative estimate of drug-likeness (QED) is 0.454. The van der Waals surface area contributed by atoms with Crippen LogP contribution >= 0.6 is 11.3 Å². The zero-order valence-electron chi connectivity index (χ0n) is 17.0. The number of nitrogens with zero attached hydrogens (tertiary/aromatic N) is 3. The van der Waals surface area contributed by atoms with Gasteiger partial charge in [0.25, 0.3) is 5.91 Å². The lowest BCUT2D eigenvalue weighted by Crippen LogP contribution is -2.62. The van der Waals surface area contributed by atoms with Crippen LogP contribution in [0.4, 0.5) is 0 Å². The molecule has 1 aromatic heterocycles. The molecule has 4 N–H and O–H groups in total. The second-order valence-electron chi connectivity index (χ2n) is 7.46. The van der Waals surface area contributed by atoms with Crippen LogP contribution in [0.5, 0.6) is 0 Å². The standard InChI is InChI=1S/C18H26N6O5S/c1-23-5-3-11-13(8-23)30-18(22-11)17(28)21-12-7-24(14(25)9-29-2)6-4-10(12)20-16(27)15(19)26/h10,12H,3-9H2,1-2H3,(H2,19,26)(H,20,27)(H,21,28)/t10-,12+/m0/s1. The molecule has 4 amide bonds. The van der Waals surface area contributed by atoms with Gasteiger partial charge in [0, 0.05) is 44.6 Å². The number of likely N-dealkylation sites (N-methyl/N-ethyl adjacent to an activating group) is 1. The number of likely N-dealkylation sites (tertiary alicyclic amines) is 1. The Balaban J connectivity index is 1.73. The van der Waals surface area contributed by atoms with Crippen LogP contribution in [-0.4, -0.2) is 90.9 Å². The van der Waals surface area contributed by atoms with E-state index in [4.69, 9.17) is 10.5 Å². The fourth-order valence-electron chi connectivity index (χ4n) is 3.60. The van der Waals surface area contributed by atoms with Gasteiger partial charge >= 0.3 is 11.8 Å². The molecule has 0 bridgehead atoms. The molecule has 11 nitrogen and oxygen atoms in total. The smallest absolute Gasteiger partial charge is 0.309 e. The van der Waals surface area contributed by atoms with Gasteiger partial charge < -0.3 is 30.9 Å². The summed E-state index contributed by atoms with van der Waals surface area (Å²) in [6.45, 7) is 2.09. The minimum Gasteiger partial charge on any atom is -0.375 e. The molecule has 164 valence electrons. The maximum Gasteiger partial charge on any atom is 0.309 e. The second-order valence-corrected chi connectivity index (χ2v) is 8.55. The lowest BCUT2D eigenvalue weighted by atomic mass is 9.98. The molecule has 12 heteroatoms. The lowest BCUT2D eigenvalue weighted by molar-refractivity contribution is -0.139. The van der Waals surface area contributed by atoms with Crippen LogP contribution in [-0.2, 0) is 32.1 Å². The number of amides is 4. The number of aromatic nitrogens is 1. The van der Waals surface area contributed by atoms with Crippen molar-refractivity contribution in [2.45, 2.75) is 31.5 Å². The van der Waals surface area contributed by atoms with E-state index in [9.17, 15) is 19.2 Å². The van der Waals surface area contributed by atoms with Gasteiger partial charge in [0.2, 0.25) is 5.91 Å². The fraction of sp³-hybridized carbons (Fsp3) is 0.611. The van der Waals surface area contributed by atoms with Crippen LogP contribution in [0.15, 0.2) is 0 Å². The number of ether oxygens (including phenoxy) is 1. The van der Waals surface area contributed by atoms with Crippen molar-refractivity contribution in [1.29, 1.82) is 0 Å². The highest BCUT2D eigenvalue weighted by Crippen LogP contribution is 2.24. The van der Waals surface area contributed by atoms with E-state index in [-0.39, 0.29) is 25.0 Å². The molecule has 0 saturated carbocycles. The van der Waals surface area contributed by atoms with Gasteiger partial charge in [-0.05, 0) is 13.5 Å². The van der Waals surface area contributed by atoms with E-state index in [0.717, 1.165) is 30.1 Å². The van der Waals surface area contributed by atoms with Gasteiger partial charge in [-0.15, -0.1) is 11.3 Å². The molecule has 0 radical (unpaired) electrons. The molecule has 0 spiro atoms. The Kier molecular flexibility index (Phi) is 7.00. The number of carbonyl (C=O) groups excluding carboxylic acids is 4. The number of hydrogen-bond donors (Lipinski definition) is 3. The third-order valence-electron chi connectivity index (χ3n) is 5.21. The Morgan fingerprint density at radius 3 is 2.70 bits per heavy atom. The Morgan fingerprint density at radius 1 is 1.23 bits per heavy atom. The van der Waals surface area contributed by atoms with E-state index in [2.05, 4.69) is 20.5 Å². The van der Waals surface area contributed by atoms with Crippen molar-refractivity contribution < 1.29 is 23.9 Å². The maximum atomic E-state index is 12.9. The number of nitrogens with two attached hydrogens (primary N) is 1. The van der Waals surface area contributed by atoms with Crippen LogP contribution in [0.2, 0.25) is 0 Å². The molecule has 1 saturated heterocycles. The van der Waals surface area contributed by atoms with Gasteiger partial charge in [0.1, 0.15) is 6.61 Å². The molecule has 0 unspecified atom stereocenters. The predicted molar refractivity (Wildman–Crippen MR) is 108 cm³/mol. The summed E-state index contributed by atoms with van der Waals surface area (Å²) in [6.07, 6.45) is 1.15. The molecule has 30 heavy (non-hydrogen) atoms. The van der Waals surface area contributed by atoms with Gasteiger partial charge in [-0.1, -0.05) is 0 Å². The topological polar surface area (TPSA) is 147 Å². The zero-order valence-corrected chi connectivity index (χ0v) is 17.8. The Bertz CT molecular complexity index is 843. The molecule has 3 rings (SSSR count). The van der Waals surface area contributed by atoms with Crippen molar-refractivity contribution in [3.05, 3.63) is 15.6 Å². The maximum absolute atomic E-state index is 12.9. The third-order valence-corrected chi connectivity index (χ3v) is 6.29. The number of rotatable bonds is 5. The van der Waals surface area contributed by atoms with Gasteiger partial charge in [0.15, 0.2) is 5.01 Å². The Hall–Kier alpha value is -2.57. The van der Waals surface area contributed by atoms with Crippen molar-refractivity contribution in [2.24, 2.45) is 5.73 Å². The van der Waals surface area contributed by atoms with Gasteiger partial charge in [-0.25, -0.2) is 4.98 Å². The van der Waals surface area contributed by atoms with Crippen molar-refractivity contribution in [3.63, 3.8) is 0 Å². The number of thiazole rings is 1. The van der Waals surface area contributed by atoms with Crippen LogP contribution in [0.3, 0.4) is 0 Å². The number of hydrogen-bond acceptors (Lipinski definition) is 8. The minimum absolute atomic E-state index is 0.0777. The Labute approximate surface area is 177 Å². The molecule has 3 heterocycles. The Morgan fingerprint density at radius 2 is 2.00 bits per heavy atom. The zero-order chi connectivity index (χ0) is 21.8. The van der Waals surface area contributed by atoms with Crippen molar-refractivity contribution in [3.8, 4) is 0 Å². The van der Waals surface area contributed by atoms with E-state index >= 15 is 0 Å². The summed E-state index contributed by atoms with van der Waals surface area (Å²) < 4.78 is 4.90. The van der Waals surface area contributed by atoms with Crippen molar-refractivity contribution in [2.75, 3.05) is 40.4 Å². The lowest BCUT2D eigenvalue weighted by Gasteiger charge is -2.38. The number of nitrogens with one attached hydrogen (secondary N) is 2. The first-order valence-corrected chi connectivity index (χ1v) is 10.4. The number of piperidine rings is 1. The minimum atomic E-state index is -1.10. The second kappa shape index (κ2) is 9.49. The monoisotopic (exact) mass is 438 g/mol. The summed E-state index contributed by atoms with van der Waals surface area (Å²) in [6, 6.07) is -1.14. The summed E-state index contributed by atoms with van der Waals surface area (Å²) in [5.41, 5.74) is 5.97. The number of fused-ring (bicyclic) bond motifs is 1. The molecular formula is C18H26N6O5S. The van der Waals surface area contributed by atoms with E-state index in [1.54, 1.807) is 4.90 Å². The highest BCUT2D eigenvalue weighted by Gasteiger charge is 2.35. The highest BCUT2D eigenvalue weighted by atomic mass is 32.1. The summed E-state index contributed by atoms with van der Waals surface area (Å²) in [4.78, 5) is 57.3. The van der Waals surface area contributed by atoms with Gasteiger partial charge in [-0.3, -0.25) is 19.2 Å². The molecular weight excluding hydrogens is 412 g/mol. The van der Waals surface area contributed by atoms with Gasteiger partial charge in [0.05, 0.1) is 17.8 Å². The molecule has 2 atom stereocenters. The van der Waals surface area contributed by atoms with Crippen LogP contribution in [0, 0.1) is 0 Å². The predicted octanol–water partition coefficient (Wildman–Crippen LogP) is -1.92. The van der Waals surface area contributed by atoms with Crippen LogP contribution in [0.1, 0.15) is 26.8 Å². The van der Waals surface area contributed by atoms with Crippen molar-refractivity contribution >= 4 is 35.0 Å². The first kappa shape index (κ1) is 22.1. The highest BCUT2D eigenvalue weighted by molar-refractivity contribution is 7.13. The first-order valence-electron chi connectivity index (χ1n) is 9.63. The number of primary amides is 1. The van der Waals surface area contributed by atoms with Crippen LogP contribution in [0.25, 0.3) is 0 Å². The summed E-state index contributed by atoms with van der Waals surface area (Å²) in [5.74, 6) is -2.62. The molecule has 1 fully saturated rings. The number of methoxy groups -OCH3 is 1.